The molecule has 0 aliphatic heterocycles. The molecule has 14 heavy (non-hydrogen) atoms. The van der Waals surface area contributed by atoms with Gasteiger partial charge in [0.15, 0.2) is 0 Å². The van der Waals surface area contributed by atoms with Crippen molar-refractivity contribution in [2.24, 2.45) is 11.3 Å². The third-order valence-electron chi connectivity index (χ3n) is 3.50. The summed E-state index contributed by atoms with van der Waals surface area (Å²) in [6.45, 7) is 9.05. The van der Waals surface area contributed by atoms with Crippen LogP contribution in [0.4, 0.5) is 0 Å². The average molecular weight is 198 g/mol. The van der Waals surface area contributed by atoms with Crippen molar-refractivity contribution in [3.05, 3.63) is 0 Å². The Hall–Kier alpha value is -0.0400. The first-order valence-corrected chi connectivity index (χ1v) is 6.05. The largest absolute Gasteiger partial charge is 0.390 e. The Labute approximate surface area is 88.9 Å². The van der Waals surface area contributed by atoms with Gasteiger partial charge in [-0.05, 0) is 37.0 Å². The molecule has 1 saturated carbocycles. The molecule has 1 unspecified atom stereocenters. The maximum atomic E-state index is 10.3. The zero-order valence-electron chi connectivity index (χ0n) is 10.3. The van der Waals surface area contributed by atoms with E-state index in [4.69, 9.17) is 0 Å². The molecular weight excluding hydrogens is 172 g/mol. The molecule has 0 bridgehead atoms. The minimum absolute atomic E-state index is 0.335. The Morgan fingerprint density at radius 2 is 1.86 bits per heavy atom. The van der Waals surface area contributed by atoms with E-state index in [2.05, 4.69) is 27.7 Å². The summed E-state index contributed by atoms with van der Waals surface area (Å²) >= 11 is 0. The second-order valence-corrected chi connectivity index (χ2v) is 6.35. The molecule has 1 aliphatic carbocycles. The molecule has 0 aromatic heterocycles. The zero-order chi connectivity index (χ0) is 10.8. The minimum Gasteiger partial charge on any atom is -0.390 e. The summed E-state index contributed by atoms with van der Waals surface area (Å²) in [5.41, 5.74) is 0.0327. The molecule has 0 heterocycles. The van der Waals surface area contributed by atoms with Crippen LogP contribution in [0.1, 0.15) is 66.2 Å². The van der Waals surface area contributed by atoms with Gasteiger partial charge in [-0.1, -0.05) is 40.5 Å². The van der Waals surface area contributed by atoms with Gasteiger partial charge in [0, 0.05) is 0 Å². The maximum absolute atomic E-state index is 10.3. The van der Waals surface area contributed by atoms with Gasteiger partial charge in [-0.15, -0.1) is 0 Å². The minimum atomic E-state index is -0.335. The predicted molar refractivity (Wildman–Crippen MR) is 61.3 cm³/mol. The summed E-state index contributed by atoms with van der Waals surface area (Å²) in [6, 6.07) is 0. The Kier molecular flexibility index (Phi) is 3.63. The number of hydrogen-bond acceptors (Lipinski definition) is 1. The molecule has 0 aromatic carbocycles. The van der Waals surface area contributed by atoms with Crippen LogP contribution in [0.2, 0.25) is 0 Å². The Bertz CT molecular complexity index is 184. The van der Waals surface area contributed by atoms with Gasteiger partial charge >= 0.3 is 0 Å². The normalized spacial score (nSPS) is 31.3. The van der Waals surface area contributed by atoms with Crippen molar-refractivity contribution in [1.82, 2.24) is 0 Å². The lowest BCUT2D eigenvalue weighted by molar-refractivity contribution is 0.0258. The highest BCUT2D eigenvalue weighted by molar-refractivity contribution is 4.93. The molecule has 1 atom stereocenters. The van der Waals surface area contributed by atoms with E-state index in [-0.39, 0.29) is 5.60 Å². The van der Waals surface area contributed by atoms with Gasteiger partial charge < -0.3 is 5.11 Å². The predicted octanol–water partition coefficient (Wildman–Crippen LogP) is 3.75. The smallest absolute Gasteiger partial charge is 0.0653 e. The van der Waals surface area contributed by atoms with Crippen LogP contribution >= 0.6 is 0 Å². The average Bonchev–Trinajstić information content (AvgIpc) is 2.25. The van der Waals surface area contributed by atoms with Crippen molar-refractivity contribution >= 4 is 0 Å². The fourth-order valence-corrected chi connectivity index (χ4v) is 2.69. The standard InChI is InChI=1S/C13H26O/c1-11(2)6-5-7-13(14)9-8-12(3,4)10-13/h11,14H,5-10H2,1-4H3. The molecule has 1 heteroatoms. The maximum Gasteiger partial charge on any atom is 0.0653 e. The van der Waals surface area contributed by atoms with E-state index in [0.29, 0.717) is 5.41 Å². The topological polar surface area (TPSA) is 20.2 Å². The quantitative estimate of drug-likeness (QED) is 0.729. The van der Waals surface area contributed by atoms with Gasteiger partial charge in [-0.3, -0.25) is 0 Å². The summed E-state index contributed by atoms with van der Waals surface area (Å²) in [7, 11) is 0. The Morgan fingerprint density at radius 3 is 2.29 bits per heavy atom. The van der Waals surface area contributed by atoms with Crippen LogP contribution in [0.3, 0.4) is 0 Å². The highest BCUT2D eigenvalue weighted by Gasteiger charge is 2.40. The lowest BCUT2D eigenvalue weighted by Gasteiger charge is -2.25. The molecule has 84 valence electrons. The molecule has 1 rings (SSSR count). The van der Waals surface area contributed by atoms with E-state index in [0.717, 1.165) is 25.2 Å². The SMILES string of the molecule is CC(C)CCCC1(O)CCC(C)(C)C1. The fraction of sp³-hybridized carbons (Fsp3) is 1.00. The molecule has 1 nitrogen and oxygen atoms in total. The number of rotatable bonds is 4. The molecule has 0 saturated heterocycles. The summed E-state index contributed by atoms with van der Waals surface area (Å²) in [4.78, 5) is 0. The molecule has 1 fully saturated rings. The summed E-state index contributed by atoms with van der Waals surface area (Å²) in [5, 5.41) is 10.3. The van der Waals surface area contributed by atoms with Crippen molar-refractivity contribution in [2.45, 2.75) is 71.8 Å². The zero-order valence-corrected chi connectivity index (χ0v) is 10.3. The van der Waals surface area contributed by atoms with Gasteiger partial charge in [0.1, 0.15) is 0 Å². The molecule has 0 radical (unpaired) electrons. The number of aliphatic hydroxyl groups is 1. The van der Waals surface area contributed by atoms with Gasteiger partial charge in [-0.25, -0.2) is 0 Å². The van der Waals surface area contributed by atoms with Gasteiger partial charge in [0.25, 0.3) is 0 Å². The van der Waals surface area contributed by atoms with E-state index in [1.165, 1.54) is 19.3 Å². The lowest BCUT2D eigenvalue weighted by atomic mass is 9.86. The molecule has 1 N–H and O–H groups in total. The first-order valence-electron chi connectivity index (χ1n) is 6.05. The Balaban J connectivity index is 2.30. The fourth-order valence-electron chi connectivity index (χ4n) is 2.69. The van der Waals surface area contributed by atoms with Crippen LogP contribution in [0, 0.1) is 11.3 Å². The molecule has 1 aliphatic rings. The van der Waals surface area contributed by atoms with E-state index < -0.39 is 0 Å². The van der Waals surface area contributed by atoms with Crippen LogP contribution in [0.15, 0.2) is 0 Å². The second kappa shape index (κ2) is 4.22. The molecular formula is C13H26O. The van der Waals surface area contributed by atoms with E-state index >= 15 is 0 Å². The lowest BCUT2D eigenvalue weighted by Crippen LogP contribution is -2.26. The van der Waals surface area contributed by atoms with Crippen molar-refractivity contribution in [2.75, 3.05) is 0 Å². The van der Waals surface area contributed by atoms with Crippen molar-refractivity contribution < 1.29 is 5.11 Å². The van der Waals surface area contributed by atoms with Crippen molar-refractivity contribution in [3.8, 4) is 0 Å². The number of hydrogen-bond donors (Lipinski definition) is 1. The second-order valence-electron chi connectivity index (χ2n) is 6.35. The molecule has 0 spiro atoms. The van der Waals surface area contributed by atoms with Crippen LogP contribution in [0.25, 0.3) is 0 Å². The van der Waals surface area contributed by atoms with Crippen LogP contribution in [-0.4, -0.2) is 10.7 Å². The van der Waals surface area contributed by atoms with Crippen molar-refractivity contribution in [3.63, 3.8) is 0 Å². The highest BCUT2D eigenvalue weighted by Crippen LogP contribution is 2.45. The highest BCUT2D eigenvalue weighted by atomic mass is 16.3. The monoisotopic (exact) mass is 198 g/mol. The third-order valence-corrected chi connectivity index (χ3v) is 3.50. The first kappa shape index (κ1) is 12.0. The van der Waals surface area contributed by atoms with Gasteiger partial charge in [0.05, 0.1) is 5.60 Å². The summed E-state index contributed by atoms with van der Waals surface area (Å²) in [6.07, 6.45) is 6.64. The van der Waals surface area contributed by atoms with Gasteiger partial charge in [-0.2, -0.15) is 0 Å². The third kappa shape index (κ3) is 3.61. The summed E-state index contributed by atoms with van der Waals surface area (Å²) in [5.74, 6) is 0.771. The van der Waals surface area contributed by atoms with Crippen molar-refractivity contribution in [1.29, 1.82) is 0 Å². The summed E-state index contributed by atoms with van der Waals surface area (Å²) < 4.78 is 0. The van der Waals surface area contributed by atoms with E-state index in [1.807, 2.05) is 0 Å². The van der Waals surface area contributed by atoms with Crippen LogP contribution < -0.4 is 0 Å². The van der Waals surface area contributed by atoms with Crippen LogP contribution in [-0.2, 0) is 0 Å². The Morgan fingerprint density at radius 1 is 1.21 bits per heavy atom. The van der Waals surface area contributed by atoms with Crippen LogP contribution in [0.5, 0.6) is 0 Å². The van der Waals surface area contributed by atoms with E-state index in [9.17, 15) is 5.11 Å². The molecule has 0 amide bonds. The van der Waals surface area contributed by atoms with E-state index in [1.54, 1.807) is 0 Å². The van der Waals surface area contributed by atoms with Gasteiger partial charge in [0.2, 0.25) is 0 Å². The first-order chi connectivity index (χ1) is 6.33. The molecule has 0 aromatic rings.